The van der Waals surface area contributed by atoms with Gasteiger partial charge in [-0.3, -0.25) is 0 Å². The van der Waals surface area contributed by atoms with Crippen molar-refractivity contribution in [3.63, 3.8) is 0 Å². The molecule has 0 fully saturated rings. The van der Waals surface area contributed by atoms with Crippen LogP contribution in [-0.2, 0) is 0 Å². The molecule has 5 aliphatic heterocycles. The van der Waals surface area contributed by atoms with Crippen molar-refractivity contribution in [3.8, 4) is 0 Å². The van der Waals surface area contributed by atoms with Gasteiger partial charge in [-0.05, 0) is 71.4 Å². The van der Waals surface area contributed by atoms with Crippen molar-refractivity contribution in [2.45, 2.75) is 0 Å². The lowest BCUT2D eigenvalue weighted by Gasteiger charge is -2.11. The Hall–Kier alpha value is -5.74. The summed E-state index contributed by atoms with van der Waals surface area (Å²) in [5.41, 5.74) is 13.1. The van der Waals surface area contributed by atoms with Crippen LogP contribution in [0.4, 0.5) is 0 Å². The Morgan fingerprint density at radius 1 is 0.333 bits per heavy atom. The lowest BCUT2D eigenvalue weighted by Crippen LogP contribution is -2.02. The second kappa shape index (κ2) is 10.0. The van der Waals surface area contributed by atoms with Crippen molar-refractivity contribution in [2.24, 2.45) is 20.0 Å². The fraction of sp³-hybridized carbons (Fsp3) is 0. The minimum Gasteiger partial charge on any atom is -0.248 e. The van der Waals surface area contributed by atoms with Crippen LogP contribution in [0.2, 0.25) is 0 Å². The standard InChI is InChI=1S/C38H24N4/c1-4-10-25(11-5-1)36-30-18-16-28(39-30)24-29-17-19-31(40-29)37(26-12-6-2-7-13-26)33-21-23-35(42-33)38(27-14-8-3-9-15-27)34-22-20-32(36)41-34/h1-24H. The van der Waals surface area contributed by atoms with Crippen molar-refractivity contribution in [1.29, 1.82) is 0 Å². The van der Waals surface area contributed by atoms with Gasteiger partial charge in [-0.15, -0.1) is 0 Å². The summed E-state index contributed by atoms with van der Waals surface area (Å²) in [7, 11) is 0. The van der Waals surface area contributed by atoms with E-state index in [0.29, 0.717) is 0 Å². The zero-order valence-corrected chi connectivity index (χ0v) is 22.6. The molecule has 5 heterocycles. The zero-order chi connectivity index (χ0) is 27.9. The molecule has 0 unspecified atom stereocenters. The summed E-state index contributed by atoms with van der Waals surface area (Å²) in [5.74, 6) is 0. The molecule has 0 saturated carbocycles. The second-order valence-corrected chi connectivity index (χ2v) is 10.3. The number of nitrogens with zero attached hydrogens (tertiary/aromatic N) is 4. The Morgan fingerprint density at radius 3 is 1.24 bits per heavy atom. The van der Waals surface area contributed by atoms with Crippen LogP contribution < -0.4 is 0 Å². The number of benzene rings is 3. The number of allylic oxidation sites excluding steroid dienone is 12. The number of aliphatic imine (C=N–C) groups is 4. The highest BCUT2D eigenvalue weighted by Crippen LogP contribution is 2.36. The van der Waals surface area contributed by atoms with Gasteiger partial charge in [-0.1, -0.05) is 91.0 Å². The summed E-state index contributed by atoms with van der Waals surface area (Å²) >= 11 is 0. The summed E-state index contributed by atoms with van der Waals surface area (Å²) < 4.78 is 0. The van der Waals surface area contributed by atoms with Crippen LogP contribution in [-0.4, -0.2) is 22.8 Å². The molecule has 0 radical (unpaired) electrons. The van der Waals surface area contributed by atoms with E-state index in [1.165, 1.54) is 0 Å². The topological polar surface area (TPSA) is 49.4 Å². The maximum Gasteiger partial charge on any atom is 0.0738 e. The average molecular weight is 537 g/mol. The maximum atomic E-state index is 5.23. The van der Waals surface area contributed by atoms with Crippen LogP contribution in [0.25, 0.3) is 16.7 Å². The van der Waals surface area contributed by atoms with Gasteiger partial charge in [0.15, 0.2) is 0 Å². The van der Waals surface area contributed by atoms with E-state index in [2.05, 4.69) is 85.0 Å². The van der Waals surface area contributed by atoms with Crippen LogP contribution in [0, 0.1) is 0 Å². The van der Waals surface area contributed by atoms with E-state index in [9.17, 15) is 0 Å². The molecule has 3 aromatic carbocycles. The van der Waals surface area contributed by atoms with Gasteiger partial charge in [0, 0.05) is 16.7 Å². The predicted molar refractivity (Wildman–Crippen MR) is 174 cm³/mol. The monoisotopic (exact) mass is 536 g/mol. The van der Waals surface area contributed by atoms with Gasteiger partial charge in [-0.25, -0.2) is 20.0 Å². The molecule has 3 aromatic rings. The number of hydrogen-bond acceptors (Lipinski definition) is 4. The van der Waals surface area contributed by atoms with E-state index < -0.39 is 0 Å². The Morgan fingerprint density at radius 2 is 0.738 bits per heavy atom. The highest BCUT2D eigenvalue weighted by molar-refractivity contribution is 6.37. The first-order valence-electron chi connectivity index (χ1n) is 14.0. The normalized spacial score (nSPS) is 18.5. The number of hydrogen-bond donors (Lipinski definition) is 0. The van der Waals surface area contributed by atoms with Gasteiger partial charge < -0.3 is 0 Å². The molecule has 42 heavy (non-hydrogen) atoms. The van der Waals surface area contributed by atoms with Crippen LogP contribution in [0.3, 0.4) is 0 Å². The molecule has 196 valence electrons. The minimum absolute atomic E-state index is 0.855. The zero-order valence-electron chi connectivity index (χ0n) is 22.6. The van der Waals surface area contributed by atoms with Crippen LogP contribution in [0.1, 0.15) is 16.7 Å². The largest absolute Gasteiger partial charge is 0.248 e. The van der Waals surface area contributed by atoms with Crippen LogP contribution in [0.5, 0.6) is 0 Å². The quantitative estimate of drug-likeness (QED) is 0.324. The summed E-state index contributed by atoms with van der Waals surface area (Å²) in [5, 5.41) is 0. The molecule has 4 heteroatoms. The Balaban J connectivity index is 1.42. The molecule has 0 amide bonds. The first kappa shape index (κ1) is 24.1. The third-order valence-corrected chi connectivity index (χ3v) is 7.62. The molecular formula is C38H24N4. The van der Waals surface area contributed by atoms with Crippen molar-refractivity contribution in [3.05, 3.63) is 185 Å². The molecule has 0 aromatic heterocycles. The van der Waals surface area contributed by atoms with Crippen molar-refractivity contribution in [2.75, 3.05) is 0 Å². The molecular weight excluding hydrogens is 512 g/mol. The molecule has 8 bridgehead atoms. The first-order valence-corrected chi connectivity index (χ1v) is 14.0. The van der Waals surface area contributed by atoms with Gasteiger partial charge in [-0.2, -0.15) is 0 Å². The van der Waals surface area contributed by atoms with Crippen molar-refractivity contribution in [1.82, 2.24) is 0 Å². The Labute approximate surface area is 244 Å². The average Bonchev–Trinajstić information content (AvgIpc) is 3.86. The lowest BCUT2D eigenvalue weighted by molar-refractivity contribution is 1.41. The number of rotatable bonds is 3. The number of fused-ring (bicyclic) bond motifs is 4. The summed E-state index contributed by atoms with van der Waals surface area (Å²) in [4.78, 5) is 20.5. The maximum absolute atomic E-state index is 5.23. The molecule has 0 aliphatic carbocycles. The van der Waals surface area contributed by atoms with Crippen LogP contribution >= 0.6 is 0 Å². The fourth-order valence-corrected chi connectivity index (χ4v) is 5.72. The fourth-order valence-electron chi connectivity index (χ4n) is 5.72. The Kier molecular flexibility index (Phi) is 5.75. The van der Waals surface area contributed by atoms with E-state index in [0.717, 1.165) is 79.0 Å². The van der Waals surface area contributed by atoms with Gasteiger partial charge in [0.2, 0.25) is 0 Å². The summed E-state index contributed by atoms with van der Waals surface area (Å²) in [6.07, 6.45) is 18.6. The third kappa shape index (κ3) is 4.27. The highest BCUT2D eigenvalue weighted by Gasteiger charge is 2.25. The van der Waals surface area contributed by atoms with Gasteiger partial charge in [0.25, 0.3) is 0 Å². The SMILES string of the molecule is C1=CC2=NC1=CC1=NC(=C(c3ccccc3)C3=NC(=C(c4ccccc4)C4=NC(=C2c2ccccc2)C=C4)C=C3)C=C1. The summed E-state index contributed by atoms with van der Waals surface area (Å²) in [6, 6.07) is 31.1. The smallest absolute Gasteiger partial charge is 0.0738 e. The Bertz CT molecular complexity index is 1980. The van der Waals surface area contributed by atoms with E-state index in [1.54, 1.807) is 0 Å². The van der Waals surface area contributed by atoms with E-state index in [1.807, 2.05) is 60.7 Å². The highest BCUT2D eigenvalue weighted by atomic mass is 14.9. The van der Waals surface area contributed by atoms with E-state index >= 15 is 0 Å². The van der Waals surface area contributed by atoms with Crippen molar-refractivity contribution < 1.29 is 0 Å². The van der Waals surface area contributed by atoms with Gasteiger partial charge in [0.1, 0.15) is 0 Å². The molecule has 0 saturated heterocycles. The van der Waals surface area contributed by atoms with Crippen molar-refractivity contribution >= 4 is 39.6 Å². The third-order valence-electron chi connectivity index (χ3n) is 7.62. The molecule has 4 nitrogen and oxygen atoms in total. The molecule has 5 aliphatic rings. The first-order chi connectivity index (χ1) is 20.8. The van der Waals surface area contributed by atoms with E-state index in [-0.39, 0.29) is 0 Å². The van der Waals surface area contributed by atoms with Crippen LogP contribution in [0.15, 0.2) is 188 Å². The molecule has 0 atom stereocenters. The van der Waals surface area contributed by atoms with E-state index in [4.69, 9.17) is 20.0 Å². The second-order valence-electron chi connectivity index (χ2n) is 10.3. The summed E-state index contributed by atoms with van der Waals surface area (Å²) in [6.45, 7) is 0. The molecule has 0 spiro atoms. The lowest BCUT2D eigenvalue weighted by atomic mass is 9.98. The minimum atomic E-state index is 0.855. The molecule has 8 rings (SSSR count). The van der Waals surface area contributed by atoms with Gasteiger partial charge in [0.05, 0.1) is 45.6 Å². The molecule has 0 N–H and O–H groups in total. The van der Waals surface area contributed by atoms with Gasteiger partial charge >= 0.3 is 0 Å². The predicted octanol–water partition coefficient (Wildman–Crippen LogP) is 8.16.